The number of hydrogen-bond acceptors (Lipinski definition) is 5. The van der Waals surface area contributed by atoms with Crippen molar-refractivity contribution in [2.24, 2.45) is 0 Å². The van der Waals surface area contributed by atoms with Gasteiger partial charge in [-0.05, 0) is 45.6 Å². The molecular weight excluding hydrogens is 437 g/mol. The summed E-state index contributed by atoms with van der Waals surface area (Å²) in [6, 6.07) is 5.69. The van der Waals surface area contributed by atoms with Gasteiger partial charge in [0.05, 0.1) is 17.5 Å². The van der Waals surface area contributed by atoms with Crippen LogP contribution in [0.15, 0.2) is 45.2 Å². The van der Waals surface area contributed by atoms with Crippen LogP contribution in [0.25, 0.3) is 22.3 Å². The molecule has 7 nitrogen and oxygen atoms in total. The Balaban J connectivity index is 1.59. The van der Waals surface area contributed by atoms with Gasteiger partial charge in [-0.3, -0.25) is 14.7 Å². The maximum absolute atomic E-state index is 13.3. The van der Waals surface area contributed by atoms with Gasteiger partial charge in [-0.1, -0.05) is 0 Å². The Labute approximate surface area is 163 Å². The Morgan fingerprint density at radius 2 is 2.19 bits per heavy atom. The van der Waals surface area contributed by atoms with Crippen molar-refractivity contribution < 1.29 is 9.18 Å². The van der Waals surface area contributed by atoms with Crippen LogP contribution >= 0.6 is 27.3 Å². The molecule has 0 saturated carbocycles. The number of thiophene rings is 1. The highest BCUT2D eigenvalue weighted by Crippen LogP contribution is 2.38. The van der Waals surface area contributed by atoms with Crippen molar-refractivity contribution in [1.82, 2.24) is 20.2 Å². The number of H-pyrrole nitrogens is 2. The molecule has 0 aliphatic heterocycles. The van der Waals surface area contributed by atoms with Gasteiger partial charge >= 0.3 is 0 Å². The third kappa shape index (κ3) is 3.53. The van der Waals surface area contributed by atoms with Gasteiger partial charge in [-0.2, -0.15) is 5.10 Å². The fourth-order valence-corrected chi connectivity index (χ4v) is 4.30. The number of halogens is 2. The van der Waals surface area contributed by atoms with Crippen molar-refractivity contribution in [1.29, 1.82) is 0 Å². The van der Waals surface area contributed by atoms with Gasteiger partial charge in [0, 0.05) is 15.4 Å². The van der Waals surface area contributed by atoms with Crippen molar-refractivity contribution in [3.63, 3.8) is 0 Å². The maximum atomic E-state index is 13.3. The fourth-order valence-electron chi connectivity index (χ4n) is 2.67. The number of pyridine rings is 1. The molecule has 1 aromatic carbocycles. The van der Waals surface area contributed by atoms with Gasteiger partial charge in [0.25, 0.3) is 5.56 Å². The molecule has 1 amide bonds. The second-order valence-corrected chi connectivity index (χ2v) is 7.44. The first-order valence-corrected chi connectivity index (χ1v) is 9.42. The maximum Gasteiger partial charge on any atom is 0.252 e. The minimum Gasteiger partial charge on any atom is -0.322 e. The molecule has 0 aliphatic rings. The lowest BCUT2D eigenvalue weighted by Crippen LogP contribution is -2.21. The van der Waals surface area contributed by atoms with Crippen LogP contribution in [0, 0.1) is 5.82 Å². The molecular formula is C17H11BrFN5O2S. The SMILES string of the molecule is O=C(Cc1cc2ccc(F)cc2[nH]c1=O)Nc1scc(Br)c1-c1ncn[nH]1. The number of nitrogens with one attached hydrogen (secondary N) is 3. The van der Waals surface area contributed by atoms with Crippen LogP contribution in [0.5, 0.6) is 0 Å². The van der Waals surface area contributed by atoms with E-state index in [4.69, 9.17) is 0 Å². The number of rotatable bonds is 4. The summed E-state index contributed by atoms with van der Waals surface area (Å²) in [7, 11) is 0. The highest BCUT2D eigenvalue weighted by atomic mass is 79.9. The molecule has 27 heavy (non-hydrogen) atoms. The number of anilines is 1. The van der Waals surface area contributed by atoms with Crippen LogP contribution in [-0.2, 0) is 11.2 Å². The van der Waals surface area contributed by atoms with E-state index in [-0.39, 0.29) is 12.3 Å². The molecule has 3 heterocycles. The van der Waals surface area contributed by atoms with E-state index in [0.717, 1.165) is 4.47 Å². The van der Waals surface area contributed by atoms with Gasteiger partial charge in [-0.25, -0.2) is 9.37 Å². The minimum absolute atomic E-state index is 0.117. The third-order valence-electron chi connectivity index (χ3n) is 3.89. The molecule has 0 fully saturated rings. The summed E-state index contributed by atoms with van der Waals surface area (Å²) in [4.78, 5) is 31.4. The molecule has 0 saturated heterocycles. The normalized spacial score (nSPS) is 11.0. The molecule has 10 heteroatoms. The number of benzene rings is 1. The second-order valence-electron chi connectivity index (χ2n) is 5.70. The van der Waals surface area contributed by atoms with Crippen LogP contribution < -0.4 is 10.9 Å². The highest BCUT2D eigenvalue weighted by Gasteiger charge is 2.17. The van der Waals surface area contributed by atoms with Gasteiger partial charge < -0.3 is 10.3 Å². The zero-order chi connectivity index (χ0) is 19.0. The van der Waals surface area contributed by atoms with Crippen LogP contribution in [0.1, 0.15) is 5.56 Å². The Kier molecular flexibility index (Phi) is 4.58. The van der Waals surface area contributed by atoms with E-state index in [2.05, 4.69) is 41.4 Å². The zero-order valence-electron chi connectivity index (χ0n) is 13.5. The average molecular weight is 448 g/mol. The van der Waals surface area contributed by atoms with Gasteiger partial charge in [-0.15, -0.1) is 11.3 Å². The first kappa shape index (κ1) is 17.6. The zero-order valence-corrected chi connectivity index (χ0v) is 15.9. The lowest BCUT2D eigenvalue weighted by atomic mass is 10.1. The molecule has 4 rings (SSSR count). The quantitative estimate of drug-likeness (QED) is 0.445. The number of hydrogen-bond donors (Lipinski definition) is 3. The first-order chi connectivity index (χ1) is 13.0. The summed E-state index contributed by atoms with van der Waals surface area (Å²) >= 11 is 4.75. The monoisotopic (exact) mass is 447 g/mol. The smallest absolute Gasteiger partial charge is 0.252 e. The number of carbonyl (C=O) groups is 1. The summed E-state index contributed by atoms with van der Waals surface area (Å²) in [5.74, 6) is -0.270. The predicted octanol–water partition coefficient (Wildman–Crippen LogP) is 3.46. The topological polar surface area (TPSA) is 104 Å². The molecule has 0 spiro atoms. The molecule has 4 aromatic rings. The van der Waals surface area contributed by atoms with Crippen LogP contribution in [0.4, 0.5) is 9.39 Å². The molecule has 136 valence electrons. The highest BCUT2D eigenvalue weighted by molar-refractivity contribution is 9.10. The van der Waals surface area contributed by atoms with E-state index in [1.54, 1.807) is 12.1 Å². The lowest BCUT2D eigenvalue weighted by Gasteiger charge is -2.06. The van der Waals surface area contributed by atoms with E-state index in [0.29, 0.717) is 32.9 Å². The van der Waals surface area contributed by atoms with Gasteiger partial charge in [0.15, 0.2) is 5.82 Å². The standard InChI is InChI=1S/C17H11BrFN5O2S/c18-11-6-27-17(14(11)15-20-7-21-24-15)23-13(25)4-9-3-8-1-2-10(19)5-12(8)22-16(9)26/h1-3,5-7H,4H2,(H,22,26)(H,23,25)(H,20,21,24). The first-order valence-electron chi connectivity index (χ1n) is 7.75. The summed E-state index contributed by atoms with van der Waals surface area (Å²) < 4.78 is 14.0. The Bertz CT molecular complexity index is 1200. The molecule has 0 aliphatic carbocycles. The van der Waals surface area contributed by atoms with Crippen molar-refractivity contribution in [2.45, 2.75) is 6.42 Å². The fraction of sp³-hybridized carbons (Fsp3) is 0.0588. The lowest BCUT2D eigenvalue weighted by molar-refractivity contribution is -0.115. The van der Waals surface area contributed by atoms with E-state index < -0.39 is 11.4 Å². The number of amides is 1. The summed E-state index contributed by atoms with van der Waals surface area (Å²) in [5, 5.41) is 12.4. The molecule has 0 unspecified atom stereocenters. The number of carbonyl (C=O) groups excluding carboxylic acids is 1. The van der Waals surface area contributed by atoms with Crippen LogP contribution in [-0.4, -0.2) is 26.1 Å². The predicted molar refractivity (Wildman–Crippen MR) is 104 cm³/mol. The summed E-state index contributed by atoms with van der Waals surface area (Å²) in [5.41, 5.74) is 0.946. The van der Waals surface area contributed by atoms with Gasteiger partial charge in [0.2, 0.25) is 5.91 Å². The Morgan fingerprint density at radius 3 is 2.96 bits per heavy atom. The van der Waals surface area contributed by atoms with Crippen LogP contribution in [0.3, 0.4) is 0 Å². The van der Waals surface area contributed by atoms with E-state index >= 15 is 0 Å². The summed E-state index contributed by atoms with van der Waals surface area (Å²) in [6.45, 7) is 0. The largest absolute Gasteiger partial charge is 0.322 e. The molecule has 3 aromatic heterocycles. The molecule has 3 N–H and O–H groups in total. The Morgan fingerprint density at radius 1 is 1.33 bits per heavy atom. The van der Waals surface area contributed by atoms with Crippen molar-refractivity contribution in [3.05, 3.63) is 62.2 Å². The van der Waals surface area contributed by atoms with Crippen LogP contribution in [0.2, 0.25) is 0 Å². The second kappa shape index (κ2) is 7.05. The molecule has 0 bridgehead atoms. The summed E-state index contributed by atoms with van der Waals surface area (Å²) in [6.07, 6.45) is 1.26. The molecule has 0 atom stereocenters. The average Bonchev–Trinajstić information content (AvgIpc) is 3.25. The van der Waals surface area contributed by atoms with Gasteiger partial charge in [0.1, 0.15) is 17.1 Å². The van der Waals surface area contributed by atoms with Crippen molar-refractivity contribution >= 4 is 49.1 Å². The number of fused-ring (bicyclic) bond motifs is 1. The van der Waals surface area contributed by atoms with E-state index in [1.807, 2.05) is 5.38 Å². The van der Waals surface area contributed by atoms with Crippen molar-refractivity contribution in [2.75, 3.05) is 5.32 Å². The molecule has 0 radical (unpaired) electrons. The number of aromatic nitrogens is 4. The number of aromatic amines is 2. The minimum atomic E-state index is -0.438. The third-order valence-corrected chi connectivity index (χ3v) is 5.71. The Hall–Kier alpha value is -2.85. The number of nitrogens with zero attached hydrogens (tertiary/aromatic N) is 2. The van der Waals surface area contributed by atoms with E-state index in [1.165, 1.54) is 29.8 Å². The van der Waals surface area contributed by atoms with Crippen molar-refractivity contribution in [3.8, 4) is 11.4 Å². The van der Waals surface area contributed by atoms with E-state index in [9.17, 15) is 14.0 Å².